The summed E-state index contributed by atoms with van der Waals surface area (Å²) in [6.45, 7) is 3.39. The van der Waals surface area contributed by atoms with E-state index in [0.29, 0.717) is 28.0 Å². The van der Waals surface area contributed by atoms with Crippen molar-refractivity contribution in [2.24, 2.45) is 0 Å². The predicted octanol–water partition coefficient (Wildman–Crippen LogP) is 4.85. The second-order valence-electron chi connectivity index (χ2n) is 8.62. The van der Waals surface area contributed by atoms with Crippen LogP contribution in [0.2, 0.25) is 5.15 Å². The molecular formula is C29H27ClN4O4. The number of nitrogens with two attached hydrogens (primary N) is 1. The summed E-state index contributed by atoms with van der Waals surface area (Å²) in [5, 5.41) is 3.40. The molecule has 9 heteroatoms. The van der Waals surface area contributed by atoms with Gasteiger partial charge < -0.3 is 15.8 Å². The van der Waals surface area contributed by atoms with Crippen molar-refractivity contribution in [1.29, 1.82) is 0 Å². The molecule has 1 unspecified atom stereocenters. The molecule has 0 aliphatic rings. The Balaban J connectivity index is 1.89. The topological polar surface area (TPSA) is 115 Å². The number of fused-ring (bicyclic) bond motifs is 1. The Hall–Kier alpha value is -4.43. The van der Waals surface area contributed by atoms with Crippen LogP contribution in [0.15, 0.2) is 78.9 Å². The second kappa shape index (κ2) is 11.7. The number of benzene rings is 3. The first kappa shape index (κ1) is 26.6. The van der Waals surface area contributed by atoms with Crippen molar-refractivity contribution >= 4 is 51.7 Å². The lowest BCUT2D eigenvalue weighted by molar-refractivity contribution is -0.143. The highest BCUT2D eigenvalue weighted by Gasteiger charge is 2.35. The Morgan fingerprint density at radius 2 is 1.71 bits per heavy atom. The third kappa shape index (κ3) is 5.92. The van der Waals surface area contributed by atoms with Gasteiger partial charge in [-0.05, 0) is 62.4 Å². The number of aromatic nitrogens is 1. The van der Waals surface area contributed by atoms with Crippen molar-refractivity contribution < 1.29 is 19.1 Å². The van der Waals surface area contributed by atoms with Gasteiger partial charge in [-0.1, -0.05) is 47.5 Å². The van der Waals surface area contributed by atoms with Gasteiger partial charge in [-0.2, -0.15) is 0 Å². The molecule has 1 heterocycles. The Labute approximate surface area is 225 Å². The fourth-order valence-corrected chi connectivity index (χ4v) is 4.27. The fourth-order valence-electron chi connectivity index (χ4n) is 4.02. The third-order valence-electron chi connectivity index (χ3n) is 5.91. The Morgan fingerprint density at radius 3 is 2.39 bits per heavy atom. The monoisotopic (exact) mass is 530 g/mol. The minimum atomic E-state index is -1.26. The summed E-state index contributed by atoms with van der Waals surface area (Å²) < 4.78 is 4.96. The van der Waals surface area contributed by atoms with E-state index in [9.17, 15) is 14.4 Å². The fraction of sp³-hybridized carbons (Fsp3) is 0.172. The van der Waals surface area contributed by atoms with Crippen molar-refractivity contribution in [1.82, 2.24) is 10.3 Å². The van der Waals surface area contributed by atoms with Crippen molar-refractivity contribution in [2.45, 2.75) is 19.9 Å². The smallest absolute Gasteiger partial charge is 0.325 e. The molecule has 8 nitrogen and oxygen atoms in total. The van der Waals surface area contributed by atoms with Gasteiger partial charge in [-0.15, -0.1) is 0 Å². The van der Waals surface area contributed by atoms with E-state index in [1.807, 2.05) is 37.3 Å². The SMILES string of the molecule is CCOC(=O)CNC(=O)C(c1cc2ccccc2nc1Cl)N(C(=O)c1ccc(N)cc1)c1ccc(C)cc1. The van der Waals surface area contributed by atoms with Gasteiger partial charge in [0.1, 0.15) is 17.7 Å². The molecule has 194 valence electrons. The molecule has 4 rings (SSSR count). The van der Waals surface area contributed by atoms with E-state index >= 15 is 0 Å². The summed E-state index contributed by atoms with van der Waals surface area (Å²) in [6.07, 6.45) is 0. The Kier molecular flexibility index (Phi) is 8.23. The van der Waals surface area contributed by atoms with E-state index in [-0.39, 0.29) is 18.3 Å². The quantitative estimate of drug-likeness (QED) is 0.191. The molecule has 0 aliphatic heterocycles. The summed E-state index contributed by atoms with van der Waals surface area (Å²) in [7, 11) is 0. The third-order valence-corrected chi connectivity index (χ3v) is 6.21. The molecule has 1 atom stereocenters. The van der Waals surface area contributed by atoms with E-state index in [0.717, 1.165) is 10.9 Å². The van der Waals surface area contributed by atoms with Crippen LogP contribution in [0.25, 0.3) is 10.9 Å². The molecule has 1 aromatic heterocycles. The van der Waals surface area contributed by atoms with E-state index in [4.69, 9.17) is 22.1 Å². The largest absolute Gasteiger partial charge is 0.465 e. The van der Waals surface area contributed by atoms with Gasteiger partial charge >= 0.3 is 5.97 Å². The molecule has 0 spiro atoms. The number of amides is 2. The number of aryl methyl sites for hydroxylation is 1. The summed E-state index contributed by atoms with van der Waals surface area (Å²) in [5.41, 5.74) is 9.01. The van der Waals surface area contributed by atoms with Crippen LogP contribution in [-0.2, 0) is 14.3 Å². The van der Waals surface area contributed by atoms with Gasteiger partial charge in [0.25, 0.3) is 5.91 Å². The van der Waals surface area contributed by atoms with Gasteiger partial charge in [0.05, 0.1) is 12.1 Å². The van der Waals surface area contributed by atoms with Crippen LogP contribution < -0.4 is 16.0 Å². The van der Waals surface area contributed by atoms with Gasteiger partial charge in [0.2, 0.25) is 5.91 Å². The van der Waals surface area contributed by atoms with Gasteiger partial charge in [0.15, 0.2) is 0 Å². The number of nitrogens with zero attached hydrogens (tertiary/aromatic N) is 2. The zero-order valence-electron chi connectivity index (χ0n) is 21.0. The lowest BCUT2D eigenvalue weighted by Crippen LogP contribution is -2.45. The number of hydrogen-bond acceptors (Lipinski definition) is 6. The normalized spacial score (nSPS) is 11.6. The molecule has 4 aromatic rings. The highest BCUT2D eigenvalue weighted by atomic mass is 35.5. The van der Waals surface area contributed by atoms with E-state index in [1.165, 1.54) is 4.90 Å². The van der Waals surface area contributed by atoms with Crippen LogP contribution in [0, 0.1) is 6.92 Å². The number of esters is 1. The summed E-state index contributed by atoms with van der Waals surface area (Å²) in [4.78, 5) is 45.7. The lowest BCUT2D eigenvalue weighted by atomic mass is 10.0. The van der Waals surface area contributed by atoms with E-state index in [2.05, 4.69) is 10.3 Å². The molecule has 3 aromatic carbocycles. The van der Waals surface area contributed by atoms with Crippen LogP contribution >= 0.6 is 11.6 Å². The van der Waals surface area contributed by atoms with Crippen LogP contribution in [0.1, 0.15) is 34.5 Å². The van der Waals surface area contributed by atoms with Crippen molar-refractivity contribution in [3.05, 3.63) is 101 Å². The summed E-state index contributed by atoms with van der Waals surface area (Å²) in [5.74, 6) is -1.69. The van der Waals surface area contributed by atoms with E-state index < -0.39 is 23.8 Å². The number of nitrogens with one attached hydrogen (secondary N) is 1. The molecule has 38 heavy (non-hydrogen) atoms. The number of ether oxygens (including phenoxy) is 1. The van der Waals surface area contributed by atoms with Gasteiger partial charge in [-0.25, -0.2) is 4.98 Å². The maximum atomic E-state index is 14.0. The standard InChI is InChI=1S/C29H27ClN4O4/c1-3-38-25(35)17-32-28(36)26(23-16-20-6-4-5-7-24(20)33-27(23)30)34(22-14-8-18(2)9-15-22)29(37)19-10-12-21(31)13-11-19/h4-16,26H,3,17,31H2,1-2H3,(H,32,36). The minimum Gasteiger partial charge on any atom is -0.465 e. The average Bonchev–Trinajstić information content (AvgIpc) is 2.91. The lowest BCUT2D eigenvalue weighted by Gasteiger charge is -2.32. The molecule has 0 fully saturated rings. The average molecular weight is 531 g/mol. The zero-order chi connectivity index (χ0) is 27.2. The first-order chi connectivity index (χ1) is 18.3. The number of para-hydroxylation sites is 1. The molecular weight excluding hydrogens is 504 g/mol. The van der Waals surface area contributed by atoms with Crippen LogP contribution in [0.5, 0.6) is 0 Å². The number of carbonyl (C=O) groups excluding carboxylic acids is 3. The number of rotatable bonds is 8. The number of carbonyl (C=O) groups is 3. The first-order valence-electron chi connectivity index (χ1n) is 12.0. The number of nitrogen functional groups attached to an aromatic ring is 1. The molecule has 0 radical (unpaired) electrons. The van der Waals surface area contributed by atoms with Gasteiger partial charge in [0, 0.05) is 27.9 Å². The molecule has 3 N–H and O–H groups in total. The highest BCUT2D eigenvalue weighted by Crippen LogP contribution is 2.34. The summed E-state index contributed by atoms with van der Waals surface area (Å²) >= 11 is 6.65. The molecule has 0 bridgehead atoms. The number of pyridine rings is 1. The molecule has 2 amide bonds. The molecule has 0 saturated carbocycles. The predicted molar refractivity (Wildman–Crippen MR) is 148 cm³/mol. The minimum absolute atomic E-state index is 0.0576. The number of hydrogen-bond donors (Lipinski definition) is 2. The zero-order valence-corrected chi connectivity index (χ0v) is 21.7. The number of halogens is 1. The van der Waals surface area contributed by atoms with Crippen molar-refractivity contribution in [2.75, 3.05) is 23.8 Å². The summed E-state index contributed by atoms with van der Waals surface area (Å²) in [6, 6.07) is 21.4. The first-order valence-corrected chi connectivity index (χ1v) is 12.4. The van der Waals surface area contributed by atoms with E-state index in [1.54, 1.807) is 55.5 Å². The maximum absolute atomic E-state index is 14.0. The van der Waals surface area contributed by atoms with Crippen LogP contribution in [-0.4, -0.2) is 35.9 Å². The van der Waals surface area contributed by atoms with Gasteiger partial charge in [-0.3, -0.25) is 19.3 Å². The Bertz CT molecular complexity index is 1470. The van der Waals surface area contributed by atoms with Crippen molar-refractivity contribution in [3.63, 3.8) is 0 Å². The maximum Gasteiger partial charge on any atom is 0.325 e. The van der Waals surface area contributed by atoms with Crippen LogP contribution in [0.3, 0.4) is 0 Å². The van der Waals surface area contributed by atoms with Crippen molar-refractivity contribution in [3.8, 4) is 0 Å². The number of anilines is 2. The highest BCUT2D eigenvalue weighted by molar-refractivity contribution is 6.31. The molecule has 0 aliphatic carbocycles. The van der Waals surface area contributed by atoms with Crippen LogP contribution in [0.4, 0.5) is 11.4 Å². The second-order valence-corrected chi connectivity index (χ2v) is 8.98. The Morgan fingerprint density at radius 1 is 1.03 bits per heavy atom. The molecule has 0 saturated heterocycles.